The zero-order valence-electron chi connectivity index (χ0n) is 18.1. The van der Waals surface area contributed by atoms with Gasteiger partial charge in [0.1, 0.15) is 24.1 Å². The third kappa shape index (κ3) is 6.13. The number of carbonyl (C=O) groups excluding carboxylic acids is 1. The summed E-state index contributed by atoms with van der Waals surface area (Å²) < 4.78 is 37.0. The first-order valence-electron chi connectivity index (χ1n) is 9.84. The summed E-state index contributed by atoms with van der Waals surface area (Å²) in [5, 5.41) is 2.75. The number of anilines is 1. The van der Waals surface area contributed by atoms with E-state index in [1.54, 1.807) is 31.2 Å². The molecule has 0 aliphatic heterocycles. The molecule has 0 spiro atoms. The summed E-state index contributed by atoms with van der Waals surface area (Å²) in [6.07, 6.45) is 1.08. The summed E-state index contributed by atoms with van der Waals surface area (Å²) in [5.41, 5.74) is 2.58. The van der Waals surface area contributed by atoms with E-state index in [0.717, 1.165) is 27.4 Å². The Kier molecular flexibility index (Phi) is 8.11. The maximum Gasteiger partial charge on any atom is 0.243 e. The van der Waals surface area contributed by atoms with Gasteiger partial charge in [-0.15, -0.1) is 0 Å². The van der Waals surface area contributed by atoms with Crippen LogP contribution in [0.3, 0.4) is 0 Å². The molecule has 0 bridgehead atoms. The Labute approximate surface area is 179 Å². The van der Waals surface area contributed by atoms with E-state index in [2.05, 4.69) is 5.32 Å². The minimum absolute atomic E-state index is 0.261. The molecule has 0 saturated carbocycles. The van der Waals surface area contributed by atoms with Gasteiger partial charge in [-0.05, 0) is 69.2 Å². The molecule has 8 heteroatoms. The molecule has 0 fully saturated rings. The smallest absolute Gasteiger partial charge is 0.243 e. The van der Waals surface area contributed by atoms with E-state index in [1.807, 2.05) is 39.0 Å². The molecule has 0 aliphatic rings. The van der Waals surface area contributed by atoms with Crippen LogP contribution in [0.5, 0.6) is 11.5 Å². The Morgan fingerprint density at radius 2 is 1.77 bits per heavy atom. The number of nitrogens with one attached hydrogen (secondary N) is 1. The number of rotatable bonds is 10. The number of ether oxygens (including phenoxy) is 2. The Morgan fingerprint density at radius 3 is 2.37 bits per heavy atom. The minimum atomic E-state index is -3.67. The summed E-state index contributed by atoms with van der Waals surface area (Å²) in [5.74, 6) is 0.999. The van der Waals surface area contributed by atoms with Gasteiger partial charge in [0.15, 0.2) is 0 Å². The lowest BCUT2D eigenvalue weighted by atomic mass is 10.1. The van der Waals surface area contributed by atoms with Crippen LogP contribution in [0.1, 0.15) is 25.0 Å². The topological polar surface area (TPSA) is 84.9 Å². The molecular formula is C22H30N2O5S. The highest BCUT2D eigenvalue weighted by Gasteiger charge is 2.29. The number of sulfonamides is 1. The van der Waals surface area contributed by atoms with Gasteiger partial charge in [0.2, 0.25) is 15.9 Å². The standard InChI is InChI=1S/C22H30N2O5S/c1-6-28-20-12-10-19(11-13-20)24(30(5,26)27)18(4)22(25)23-14-15-29-21-9-7-8-16(2)17(21)3/h7-13,18H,6,14-15H2,1-5H3,(H,23,25)/t18-/m1/s1. The molecule has 0 radical (unpaired) electrons. The van der Waals surface area contributed by atoms with Crippen molar-refractivity contribution in [2.45, 2.75) is 33.7 Å². The van der Waals surface area contributed by atoms with Crippen LogP contribution in [0, 0.1) is 13.8 Å². The monoisotopic (exact) mass is 434 g/mol. The van der Waals surface area contributed by atoms with E-state index in [-0.39, 0.29) is 13.2 Å². The Balaban J connectivity index is 2.00. The first-order chi connectivity index (χ1) is 14.1. The highest BCUT2D eigenvalue weighted by Crippen LogP contribution is 2.24. The predicted molar refractivity (Wildman–Crippen MR) is 119 cm³/mol. The number of nitrogens with zero attached hydrogens (tertiary/aromatic N) is 1. The molecule has 1 atom stereocenters. The quantitative estimate of drug-likeness (QED) is 0.581. The first-order valence-corrected chi connectivity index (χ1v) is 11.7. The zero-order valence-corrected chi connectivity index (χ0v) is 19.0. The van der Waals surface area contributed by atoms with Gasteiger partial charge >= 0.3 is 0 Å². The zero-order chi connectivity index (χ0) is 22.3. The van der Waals surface area contributed by atoms with Crippen LogP contribution in [-0.2, 0) is 14.8 Å². The van der Waals surface area contributed by atoms with Crippen molar-refractivity contribution in [1.29, 1.82) is 0 Å². The van der Waals surface area contributed by atoms with E-state index < -0.39 is 22.0 Å². The molecule has 0 saturated heterocycles. The molecule has 0 unspecified atom stereocenters. The number of benzene rings is 2. The van der Waals surface area contributed by atoms with Gasteiger partial charge in [0, 0.05) is 0 Å². The number of aryl methyl sites for hydroxylation is 1. The molecule has 0 aromatic heterocycles. The fraction of sp³-hybridized carbons (Fsp3) is 0.409. The minimum Gasteiger partial charge on any atom is -0.494 e. The second-order valence-electron chi connectivity index (χ2n) is 7.00. The molecule has 30 heavy (non-hydrogen) atoms. The Hall–Kier alpha value is -2.74. The molecule has 1 amide bonds. The number of amides is 1. The molecule has 2 aromatic rings. The largest absolute Gasteiger partial charge is 0.494 e. The second kappa shape index (κ2) is 10.3. The fourth-order valence-corrected chi connectivity index (χ4v) is 4.20. The molecule has 2 aromatic carbocycles. The van der Waals surface area contributed by atoms with Crippen molar-refractivity contribution in [2.24, 2.45) is 0 Å². The van der Waals surface area contributed by atoms with Crippen molar-refractivity contribution in [2.75, 3.05) is 30.3 Å². The normalized spacial score (nSPS) is 12.2. The lowest BCUT2D eigenvalue weighted by Crippen LogP contribution is -2.48. The van der Waals surface area contributed by atoms with Gasteiger partial charge in [-0.2, -0.15) is 0 Å². The Bertz CT molecular complexity index is 958. The van der Waals surface area contributed by atoms with Crippen molar-refractivity contribution in [3.8, 4) is 11.5 Å². The fourth-order valence-electron chi connectivity index (χ4n) is 3.03. The van der Waals surface area contributed by atoms with E-state index in [4.69, 9.17) is 9.47 Å². The van der Waals surface area contributed by atoms with Crippen molar-refractivity contribution >= 4 is 21.6 Å². The van der Waals surface area contributed by atoms with Gasteiger partial charge in [0.05, 0.1) is 25.1 Å². The summed E-state index contributed by atoms with van der Waals surface area (Å²) >= 11 is 0. The molecule has 7 nitrogen and oxygen atoms in total. The van der Waals surface area contributed by atoms with Crippen LogP contribution in [0.4, 0.5) is 5.69 Å². The summed E-state index contributed by atoms with van der Waals surface area (Å²) in [6, 6.07) is 11.5. The number of hydrogen-bond acceptors (Lipinski definition) is 5. The van der Waals surface area contributed by atoms with Gasteiger partial charge in [-0.25, -0.2) is 8.42 Å². The molecule has 164 valence electrons. The highest BCUT2D eigenvalue weighted by atomic mass is 32.2. The summed E-state index contributed by atoms with van der Waals surface area (Å²) in [4.78, 5) is 12.6. The van der Waals surface area contributed by atoms with Crippen LogP contribution in [-0.4, -0.2) is 46.4 Å². The number of carbonyl (C=O) groups is 1. The highest BCUT2D eigenvalue weighted by molar-refractivity contribution is 7.92. The average Bonchev–Trinajstić information content (AvgIpc) is 2.68. The van der Waals surface area contributed by atoms with E-state index in [9.17, 15) is 13.2 Å². The van der Waals surface area contributed by atoms with Gasteiger partial charge in [0.25, 0.3) is 0 Å². The van der Waals surface area contributed by atoms with Crippen LogP contribution in [0.25, 0.3) is 0 Å². The van der Waals surface area contributed by atoms with Crippen LogP contribution in [0.15, 0.2) is 42.5 Å². The van der Waals surface area contributed by atoms with E-state index in [0.29, 0.717) is 18.0 Å². The molecule has 0 aliphatic carbocycles. The lowest BCUT2D eigenvalue weighted by Gasteiger charge is -2.28. The molecule has 2 rings (SSSR count). The van der Waals surface area contributed by atoms with E-state index in [1.165, 1.54) is 0 Å². The molecular weight excluding hydrogens is 404 g/mol. The third-order valence-electron chi connectivity index (χ3n) is 4.70. The summed E-state index contributed by atoms with van der Waals surface area (Å²) in [7, 11) is -3.67. The van der Waals surface area contributed by atoms with Gasteiger partial charge < -0.3 is 14.8 Å². The van der Waals surface area contributed by atoms with Gasteiger partial charge in [-0.1, -0.05) is 12.1 Å². The van der Waals surface area contributed by atoms with Crippen molar-refractivity contribution in [3.05, 3.63) is 53.6 Å². The van der Waals surface area contributed by atoms with E-state index >= 15 is 0 Å². The molecule has 1 N–H and O–H groups in total. The first kappa shape index (κ1) is 23.5. The summed E-state index contributed by atoms with van der Waals surface area (Å²) in [6.45, 7) is 8.46. The van der Waals surface area contributed by atoms with Crippen LogP contribution >= 0.6 is 0 Å². The van der Waals surface area contributed by atoms with Crippen molar-refractivity contribution < 1.29 is 22.7 Å². The SMILES string of the molecule is CCOc1ccc(N([C@H](C)C(=O)NCCOc2cccc(C)c2C)S(C)(=O)=O)cc1. The maximum atomic E-state index is 12.6. The average molecular weight is 435 g/mol. The van der Waals surface area contributed by atoms with Gasteiger partial charge in [-0.3, -0.25) is 9.10 Å². The third-order valence-corrected chi connectivity index (χ3v) is 5.95. The van der Waals surface area contributed by atoms with Crippen LogP contribution in [0.2, 0.25) is 0 Å². The second-order valence-corrected chi connectivity index (χ2v) is 8.86. The van der Waals surface area contributed by atoms with Crippen molar-refractivity contribution in [1.82, 2.24) is 5.32 Å². The lowest BCUT2D eigenvalue weighted by molar-refractivity contribution is -0.121. The van der Waals surface area contributed by atoms with Crippen molar-refractivity contribution in [3.63, 3.8) is 0 Å². The predicted octanol–water partition coefficient (Wildman–Crippen LogP) is 3.05. The number of hydrogen-bond donors (Lipinski definition) is 1. The van der Waals surface area contributed by atoms with Crippen LogP contribution < -0.4 is 19.1 Å². The Morgan fingerprint density at radius 1 is 1.10 bits per heavy atom. The maximum absolute atomic E-state index is 12.6. The molecule has 0 heterocycles.